The van der Waals surface area contributed by atoms with Gasteiger partial charge in [0.1, 0.15) is 13.2 Å². The van der Waals surface area contributed by atoms with Crippen molar-refractivity contribution in [1.82, 2.24) is 20.4 Å². The summed E-state index contributed by atoms with van der Waals surface area (Å²) >= 11 is 0. The average Bonchev–Trinajstić information content (AvgIpc) is 3.15. The lowest BCUT2D eigenvalue weighted by atomic mass is 10.2. The maximum atomic E-state index is 12.2. The van der Waals surface area contributed by atoms with E-state index in [9.17, 15) is 9.59 Å². The molecular weight excluding hydrogens is 632 g/mol. The Bertz CT molecular complexity index is 1350. The second-order valence-corrected chi connectivity index (χ2v) is 11.7. The molecule has 0 radical (unpaired) electrons. The lowest BCUT2D eigenvalue weighted by Crippen LogP contribution is -2.37. The predicted molar refractivity (Wildman–Crippen MR) is 194 cm³/mol. The van der Waals surface area contributed by atoms with Gasteiger partial charge in [0.2, 0.25) is 0 Å². The molecule has 0 aliphatic rings. The molecule has 0 heterocycles. The van der Waals surface area contributed by atoms with Gasteiger partial charge in [0.15, 0.2) is 0 Å². The highest BCUT2D eigenvalue weighted by Gasteiger charge is 2.10. The third-order valence-electron chi connectivity index (χ3n) is 7.79. The van der Waals surface area contributed by atoms with Crippen molar-refractivity contribution in [1.29, 1.82) is 0 Å². The molecule has 0 fully saturated rings. The van der Waals surface area contributed by atoms with Crippen LogP contribution in [0.15, 0.2) is 121 Å². The van der Waals surface area contributed by atoms with Crippen LogP contribution in [0.2, 0.25) is 0 Å². The van der Waals surface area contributed by atoms with Gasteiger partial charge in [-0.1, -0.05) is 121 Å². The molecule has 0 saturated carbocycles. The average molecular weight is 683 g/mol. The quantitative estimate of drug-likeness (QED) is 0.0937. The second kappa shape index (κ2) is 23.6. The second-order valence-electron chi connectivity index (χ2n) is 11.7. The van der Waals surface area contributed by atoms with Crippen molar-refractivity contribution in [2.75, 3.05) is 65.7 Å². The van der Waals surface area contributed by atoms with Crippen LogP contribution in [0.5, 0.6) is 0 Å². The van der Waals surface area contributed by atoms with Gasteiger partial charge in [-0.15, -0.1) is 0 Å². The summed E-state index contributed by atoms with van der Waals surface area (Å²) in [6.07, 6.45) is -0.858. The Morgan fingerprint density at radius 3 is 1.14 bits per heavy atom. The fourth-order valence-corrected chi connectivity index (χ4v) is 5.11. The molecule has 10 nitrogen and oxygen atoms in total. The zero-order valence-corrected chi connectivity index (χ0v) is 28.8. The number of nitrogens with one attached hydrogen (secondary N) is 2. The summed E-state index contributed by atoms with van der Waals surface area (Å²) in [5.74, 6) is 0. The summed E-state index contributed by atoms with van der Waals surface area (Å²) in [6, 6.07) is 39.7. The summed E-state index contributed by atoms with van der Waals surface area (Å²) in [5.41, 5.74) is 4.29. The molecular formula is C40H50N4O6. The molecule has 0 unspecified atom stereocenters. The van der Waals surface area contributed by atoms with E-state index in [1.165, 1.54) is 11.1 Å². The number of rotatable bonds is 23. The molecule has 0 aromatic heterocycles. The molecule has 0 bridgehead atoms. The fourth-order valence-electron chi connectivity index (χ4n) is 5.11. The Kier molecular flexibility index (Phi) is 18.0. The van der Waals surface area contributed by atoms with Crippen LogP contribution in [-0.4, -0.2) is 87.7 Å². The van der Waals surface area contributed by atoms with E-state index in [1.807, 2.05) is 97.1 Å². The minimum absolute atomic E-state index is 0.241. The van der Waals surface area contributed by atoms with Crippen molar-refractivity contribution in [2.45, 2.75) is 26.3 Å². The molecule has 4 aromatic carbocycles. The van der Waals surface area contributed by atoms with Crippen LogP contribution in [-0.2, 0) is 45.3 Å². The molecule has 0 saturated heterocycles. The molecule has 10 heteroatoms. The normalized spacial score (nSPS) is 11.0. The Morgan fingerprint density at radius 1 is 0.440 bits per heavy atom. The van der Waals surface area contributed by atoms with Crippen molar-refractivity contribution in [3.05, 3.63) is 144 Å². The lowest BCUT2D eigenvalue weighted by molar-refractivity contribution is 0.0299. The Hall–Kier alpha value is -4.74. The number of ether oxygens (including phenoxy) is 4. The number of carbonyl (C=O) groups is 2. The summed E-state index contributed by atoms with van der Waals surface area (Å²) < 4.78 is 22.5. The first-order chi connectivity index (χ1) is 24.6. The molecule has 0 aliphatic heterocycles. The zero-order valence-electron chi connectivity index (χ0n) is 28.8. The molecule has 2 amide bonds. The standard InChI is InChI=1S/C40H50N4O6/c45-39(49-33-37-17-9-3-10-18-37)41-21-23-43(31-35-13-5-1-6-14-35)25-27-47-29-30-48-28-26-44(32-36-15-7-2-8-16-36)24-22-42-40(46)50-34-38-19-11-4-12-20-38/h1-20H,21-34H2,(H,41,45)(H,42,46). The number of hydrogen-bond acceptors (Lipinski definition) is 8. The smallest absolute Gasteiger partial charge is 0.407 e. The SMILES string of the molecule is O=C(NCCN(CCOCCOCCN(CCNC(=O)OCc1ccccc1)Cc1ccccc1)Cc1ccccc1)OCc1ccccc1. The van der Waals surface area contributed by atoms with Crippen LogP contribution in [0.4, 0.5) is 9.59 Å². The van der Waals surface area contributed by atoms with Crippen molar-refractivity contribution >= 4 is 12.2 Å². The van der Waals surface area contributed by atoms with Crippen molar-refractivity contribution in [2.24, 2.45) is 0 Å². The molecule has 4 aromatic rings. The van der Waals surface area contributed by atoms with Crippen LogP contribution in [0.25, 0.3) is 0 Å². The number of alkyl carbamates (subject to hydrolysis) is 2. The summed E-state index contributed by atoms with van der Waals surface area (Å²) in [5, 5.41) is 5.71. The van der Waals surface area contributed by atoms with Gasteiger partial charge in [-0.25, -0.2) is 9.59 Å². The molecule has 0 atom stereocenters. The minimum atomic E-state index is -0.429. The van der Waals surface area contributed by atoms with Crippen molar-refractivity contribution < 1.29 is 28.5 Å². The van der Waals surface area contributed by atoms with E-state index in [0.717, 1.165) is 24.2 Å². The van der Waals surface area contributed by atoms with E-state index in [2.05, 4.69) is 44.7 Å². The van der Waals surface area contributed by atoms with E-state index in [1.54, 1.807) is 0 Å². The van der Waals surface area contributed by atoms with Gasteiger partial charge >= 0.3 is 12.2 Å². The first-order valence-corrected chi connectivity index (χ1v) is 17.2. The van der Waals surface area contributed by atoms with Gasteiger partial charge < -0.3 is 29.6 Å². The summed E-state index contributed by atoms with van der Waals surface area (Å²) in [7, 11) is 0. The third kappa shape index (κ3) is 16.6. The fraction of sp³-hybridized carbons (Fsp3) is 0.350. The van der Waals surface area contributed by atoms with Gasteiger partial charge in [-0.2, -0.15) is 0 Å². The number of nitrogens with zero attached hydrogens (tertiary/aromatic N) is 2. The van der Waals surface area contributed by atoms with E-state index in [0.29, 0.717) is 65.7 Å². The summed E-state index contributed by atoms with van der Waals surface area (Å²) in [4.78, 5) is 28.9. The monoisotopic (exact) mass is 682 g/mol. The van der Waals surface area contributed by atoms with E-state index in [-0.39, 0.29) is 13.2 Å². The summed E-state index contributed by atoms with van der Waals surface area (Å²) in [6.45, 7) is 7.70. The first kappa shape index (κ1) is 38.1. The maximum Gasteiger partial charge on any atom is 0.407 e. The van der Waals surface area contributed by atoms with Crippen LogP contribution >= 0.6 is 0 Å². The Labute approximate surface area is 296 Å². The van der Waals surface area contributed by atoms with Gasteiger partial charge in [-0.3, -0.25) is 9.80 Å². The van der Waals surface area contributed by atoms with Gasteiger partial charge in [-0.05, 0) is 22.3 Å². The van der Waals surface area contributed by atoms with Crippen LogP contribution < -0.4 is 10.6 Å². The van der Waals surface area contributed by atoms with Crippen LogP contribution in [0.3, 0.4) is 0 Å². The van der Waals surface area contributed by atoms with Crippen LogP contribution in [0.1, 0.15) is 22.3 Å². The van der Waals surface area contributed by atoms with E-state index in [4.69, 9.17) is 18.9 Å². The molecule has 266 valence electrons. The number of carbonyl (C=O) groups excluding carboxylic acids is 2. The van der Waals surface area contributed by atoms with Crippen LogP contribution in [0, 0.1) is 0 Å². The lowest BCUT2D eigenvalue weighted by Gasteiger charge is -2.23. The first-order valence-electron chi connectivity index (χ1n) is 17.2. The number of amides is 2. The van der Waals surface area contributed by atoms with Crippen molar-refractivity contribution in [3.8, 4) is 0 Å². The molecule has 2 N–H and O–H groups in total. The van der Waals surface area contributed by atoms with Gasteiger partial charge in [0.25, 0.3) is 0 Å². The molecule has 0 spiro atoms. The predicted octanol–water partition coefficient (Wildman–Crippen LogP) is 5.88. The van der Waals surface area contributed by atoms with E-state index >= 15 is 0 Å². The van der Waals surface area contributed by atoms with Crippen molar-refractivity contribution in [3.63, 3.8) is 0 Å². The van der Waals surface area contributed by atoms with Gasteiger partial charge in [0, 0.05) is 52.4 Å². The Balaban J connectivity index is 1.10. The topological polar surface area (TPSA) is 102 Å². The van der Waals surface area contributed by atoms with E-state index < -0.39 is 12.2 Å². The Morgan fingerprint density at radius 2 is 0.780 bits per heavy atom. The third-order valence-corrected chi connectivity index (χ3v) is 7.79. The number of benzene rings is 4. The zero-order chi connectivity index (χ0) is 34.9. The molecule has 0 aliphatic carbocycles. The minimum Gasteiger partial charge on any atom is -0.445 e. The molecule has 50 heavy (non-hydrogen) atoms. The van der Waals surface area contributed by atoms with Gasteiger partial charge in [0.05, 0.1) is 26.4 Å². The molecule has 4 rings (SSSR count). The highest BCUT2D eigenvalue weighted by molar-refractivity contribution is 5.67. The maximum absolute atomic E-state index is 12.2. The highest BCUT2D eigenvalue weighted by atomic mass is 16.6. The highest BCUT2D eigenvalue weighted by Crippen LogP contribution is 2.06. The number of hydrogen-bond donors (Lipinski definition) is 2. The largest absolute Gasteiger partial charge is 0.445 e.